The number of benzene rings is 1. The van der Waals surface area contributed by atoms with Crippen molar-refractivity contribution in [1.29, 1.82) is 0 Å². The summed E-state index contributed by atoms with van der Waals surface area (Å²) < 4.78 is 5.39. The molecule has 1 aliphatic rings. The summed E-state index contributed by atoms with van der Waals surface area (Å²) in [6, 6.07) is 7.95. The third-order valence-corrected chi connectivity index (χ3v) is 3.54. The number of piperazine rings is 1. The highest BCUT2D eigenvalue weighted by molar-refractivity contribution is 5.84. The molecule has 0 atom stereocenters. The average molecular weight is 258 g/mol. The molecular weight excluding hydrogens is 240 g/mol. The molecule has 0 spiro atoms. The Morgan fingerprint density at radius 1 is 1.05 bits per heavy atom. The molecule has 19 heavy (non-hydrogen) atoms. The fourth-order valence-electron chi connectivity index (χ4n) is 2.34. The maximum absolute atomic E-state index is 5.39. The fraction of sp³-hybridized carbons (Fsp3) is 0.429. The van der Waals surface area contributed by atoms with Crippen LogP contribution in [0, 0.1) is 0 Å². The molecule has 100 valence electrons. The number of rotatable bonds is 2. The van der Waals surface area contributed by atoms with Crippen molar-refractivity contribution in [3.8, 4) is 5.88 Å². The van der Waals surface area contributed by atoms with Gasteiger partial charge in [0.2, 0.25) is 11.8 Å². The van der Waals surface area contributed by atoms with E-state index in [-0.39, 0.29) is 0 Å². The SMILES string of the molecule is COc1nc(N2CCN(C)CC2)nc2ccccc12. The van der Waals surface area contributed by atoms with Crippen molar-refractivity contribution in [2.24, 2.45) is 0 Å². The van der Waals surface area contributed by atoms with E-state index in [1.54, 1.807) is 7.11 Å². The minimum atomic E-state index is 0.652. The number of ether oxygens (including phenoxy) is 1. The third kappa shape index (κ3) is 2.33. The van der Waals surface area contributed by atoms with Gasteiger partial charge in [-0.2, -0.15) is 4.98 Å². The maximum Gasteiger partial charge on any atom is 0.229 e. The number of likely N-dealkylation sites (N-methyl/N-ethyl adjacent to an activating group) is 1. The lowest BCUT2D eigenvalue weighted by Crippen LogP contribution is -2.45. The molecule has 0 saturated carbocycles. The zero-order valence-corrected chi connectivity index (χ0v) is 11.3. The number of hydrogen-bond donors (Lipinski definition) is 0. The van der Waals surface area contributed by atoms with Crippen LogP contribution in [-0.2, 0) is 0 Å². The van der Waals surface area contributed by atoms with Gasteiger partial charge in [0.25, 0.3) is 0 Å². The monoisotopic (exact) mass is 258 g/mol. The Morgan fingerprint density at radius 3 is 2.53 bits per heavy atom. The molecule has 0 aliphatic carbocycles. The van der Waals surface area contributed by atoms with Gasteiger partial charge in [0.05, 0.1) is 18.0 Å². The first kappa shape index (κ1) is 12.2. The van der Waals surface area contributed by atoms with Gasteiger partial charge in [0, 0.05) is 26.2 Å². The van der Waals surface area contributed by atoms with Crippen molar-refractivity contribution < 1.29 is 4.74 Å². The molecule has 5 nitrogen and oxygen atoms in total. The highest BCUT2D eigenvalue weighted by Gasteiger charge is 2.18. The van der Waals surface area contributed by atoms with Crippen LogP contribution < -0.4 is 9.64 Å². The van der Waals surface area contributed by atoms with E-state index >= 15 is 0 Å². The largest absolute Gasteiger partial charge is 0.480 e. The predicted octanol–water partition coefficient (Wildman–Crippen LogP) is 1.39. The lowest BCUT2D eigenvalue weighted by molar-refractivity contribution is 0.310. The van der Waals surface area contributed by atoms with Crippen molar-refractivity contribution in [2.75, 3.05) is 45.2 Å². The Labute approximate surface area is 112 Å². The van der Waals surface area contributed by atoms with E-state index in [1.807, 2.05) is 24.3 Å². The minimum Gasteiger partial charge on any atom is -0.480 e. The van der Waals surface area contributed by atoms with Gasteiger partial charge in [0.15, 0.2) is 0 Å². The van der Waals surface area contributed by atoms with Crippen LogP contribution in [0.2, 0.25) is 0 Å². The summed E-state index contributed by atoms with van der Waals surface area (Å²) in [6.07, 6.45) is 0. The van der Waals surface area contributed by atoms with Crippen LogP contribution >= 0.6 is 0 Å². The zero-order chi connectivity index (χ0) is 13.2. The lowest BCUT2D eigenvalue weighted by atomic mass is 10.2. The molecule has 1 aromatic heterocycles. The van der Waals surface area contributed by atoms with Crippen LogP contribution in [0.15, 0.2) is 24.3 Å². The number of para-hydroxylation sites is 1. The molecule has 0 radical (unpaired) electrons. The number of nitrogens with zero attached hydrogens (tertiary/aromatic N) is 4. The molecule has 0 bridgehead atoms. The Hall–Kier alpha value is -1.88. The van der Waals surface area contributed by atoms with Crippen molar-refractivity contribution in [2.45, 2.75) is 0 Å². The summed E-state index contributed by atoms with van der Waals surface area (Å²) in [5.41, 5.74) is 0.934. The number of fused-ring (bicyclic) bond motifs is 1. The van der Waals surface area contributed by atoms with Crippen LogP contribution in [-0.4, -0.2) is 55.2 Å². The Morgan fingerprint density at radius 2 is 1.79 bits per heavy atom. The second-order valence-corrected chi connectivity index (χ2v) is 4.84. The van der Waals surface area contributed by atoms with E-state index in [1.165, 1.54) is 0 Å². The van der Waals surface area contributed by atoms with Crippen LogP contribution in [0.3, 0.4) is 0 Å². The van der Waals surface area contributed by atoms with Gasteiger partial charge in [-0.15, -0.1) is 0 Å². The summed E-state index contributed by atoms with van der Waals surface area (Å²) in [6.45, 7) is 3.99. The van der Waals surface area contributed by atoms with Crippen LogP contribution in [0.4, 0.5) is 5.95 Å². The van der Waals surface area contributed by atoms with E-state index < -0.39 is 0 Å². The first-order valence-electron chi connectivity index (χ1n) is 6.52. The molecule has 5 heteroatoms. The molecule has 1 saturated heterocycles. The Bertz CT molecular complexity index is 579. The Balaban J connectivity index is 2.00. The van der Waals surface area contributed by atoms with E-state index in [4.69, 9.17) is 4.74 Å². The van der Waals surface area contributed by atoms with E-state index in [0.29, 0.717) is 5.88 Å². The molecule has 0 unspecified atom stereocenters. The zero-order valence-electron chi connectivity index (χ0n) is 11.3. The molecule has 0 amide bonds. The number of anilines is 1. The van der Waals surface area contributed by atoms with Gasteiger partial charge in [0.1, 0.15) is 0 Å². The minimum absolute atomic E-state index is 0.652. The van der Waals surface area contributed by atoms with E-state index in [9.17, 15) is 0 Å². The molecule has 2 heterocycles. The van der Waals surface area contributed by atoms with Gasteiger partial charge < -0.3 is 14.5 Å². The number of aromatic nitrogens is 2. The third-order valence-electron chi connectivity index (χ3n) is 3.54. The smallest absolute Gasteiger partial charge is 0.229 e. The van der Waals surface area contributed by atoms with Gasteiger partial charge in [-0.05, 0) is 19.2 Å². The quantitative estimate of drug-likeness (QED) is 0.814. The van der Waals surface area contributed by atoms with E-state index in [2.05, 4.69) is 26.8 Å². The summed E-state index contributed by atoms with van der Waals surface area (Å²) in [4.78, 5) is 13.7. The molecular formula is C14H18N4O. The molecule has 3 rings (SSSR count). The highest BCUT2D eigenvalue weighted by Crippen LogP contribution is 2.25. The van der Waals surface area contributed by atoms with Gasteiger partial charge in [-0.3, -0.25) is 0 Å². The van der Waals surface area contributed by atoms with Crippen molar-refractivity contribution in [3.63, 3.8) is 0 Å². The van der Waals surface area contributed by atoms with Crippen LogP contribution in [0.5, 0.6) is 5.88 Å². The fourth-order valence-corrected chi connectivity index (χ4v) is 2.34. The summed E-state index contributed by atoms with van der Waals surface area (Å²) in [5, 5.41) is 0.961. The first-order valence-corrected chi connectivity index (χ1v) is 6.52. The summed E-state index contributed by atoms with van der Waals surface area (Å²) >= 11 is 0. The Kier molecular flexibility index (Phi) is 3.21. The standard InChI is InChI=1S/C14H18N4O/c1-17-7-9-18(10-8-17)14-15-12-6-4-3-5-11(12)13(16-14)19-2/h3-6H,7-10H2,1-2H3. The molecule has 2 aromatic rings. The normalized spacial score (nSPS) is 16.8. The lowest BCUT2D eigenvalue weighted by Gasteiger charge is -2.32. The second kappa shape index (κ2) is 5.01. The predicted molar refractivity (Wildman–Crippen MR) is 75.8 cm³/mol. The second-order valence-electron chi connectivity index (χ2n) is 4.84. The number of hydrogen-bond acceptors (Lipinski definition) is 5. The first-order chi connectivity index (χ1) is 9.28. The van der Waals surface area contributed by atoms with Gasteiger partial charge in [-0.25, -0.2) is 4.98 Å². The highest BCUT2D eigenvalue weighted by atomic mass is 16.5. The maximum atomic E-state index is 5.39. The van der Waals surface area contributed by atoms with Gasteiger partial charge >= 0.3 is 0 Å². The topological polar surface area (TPSA) is 41.5 Å². The van der Waals surface area contributed by atoms with Crippen LogP contribution in [0.25, 0.3) is 10.9 Å². The number of methoxy groups -OCH3 is 1. The molecule has 1 fully saturated rings. The molecule has 1 aromatic carbocycles. The van der Waals surface area contributed by atoms with Gasteiger partial charge in [-0.1, -0.05) is 12.1 Å². The molecule has 1 aliphatic heterocycles. The van der Waals surface area contributed by atoms with Crippen molar-refractivity contribution in [3.05, 3.63) is 24.3 Å². The molecule has 0 N–H and O–H groups in total. The van der Waals surface area contributed by atoms with E-state index in [0.717, 1.165) is 43.0 Å². The average Bonchev–Trinajstić information content (AvgIpc) is 2.47. The van der Waals surface area contributed by atoms with Crippen molar-refractivity contribution in [1.82, 2.24) is 14.9 Å². The van der Waals surface area contributed by atoms with Crippen molar-refractivity contribution >= 4 is 16.9 Å². The summed E-state index contributed by atoms with van der Waals surface area (Å²) in [5.74, 6) is 1.42. The van der Waals surface area contributed by atoms with Crippen LogP contribution in [0.1, 0.15) is 0 Å². The summed E-state index contributed by atoms with van der Waals surface area (Å²) in [7, 11) is 3.79.